The predicted octanol–water partition coefficient (Wildman–Crippen LogP) is 4.88. The van der Waals surface area contributed by atoms with Gasteiger partial charge in [-0.15, -0.1) is 10.2 Å². The van der Waals surface area contributed by atoms with Crippen LogP contribution in [-0.2, 0) is 11.3 Å². The largest absolute Gasteiger partial charge is 0.411 e. The quantitative estimate of drug-likeness (QED) is 0.534. The van der Waals surface area contributed by atoms with E-state index in [0.717, 1.165) is 22.3 Å². The van der Waals surface area contributed by atoms with E-state index in [1.165, 1.54) is 11.8 Å². The zero-order chi connectivity index (χ0) is 20.1. The van der Waals surface area contributed by atoms with Gasteiger partial charge in [-0.25, -0.2) is 0 Å². The molecule has 1 amide bonds. The van der Waals surface area contributed by atoms with E-state index in [0.29, 0.717) is 24.2 Å². The van der Waals surface area contributed by atoms with Crippen molar-refractivity contribution in [3.63, 3.8) is 0 Å². The third kappa shape index (κ3) is 5.01. The Hall–Kier alpha value is -2.60. The fourth-order valence-electron chi connectivity index (χ4n) is 3.08. The molecule has 0 spiro atoms. The van der Waals surface area contributed by atoms with Crippen molar-refractivity contribution >= 4 is 17.7 Å². The van der Waals surface area contributed by atoms with E-state index in [-0.39, 0.29) is 11.2 Å². The van der Waals surface area contributed by atoms with Gasteiger partial charge in [-0.05, 0) is 45.4 Å². The number of hydrogen-bond acceptors (Lipinski definition) is 5. The Morgan fingerprint density at radius 2 is 1.79 bits per heavy atom. The second-order valence-corrected chi connectivity index (χ2v) is 8.14. The molecule has 0 radical (unpaired) electrons. The highest BCUT2D eigenvalue weighted by Crippen LogP contribution is 2.28. The molecule has 0 aliphatic rings. The number of nitrogens with zero attached hydrogens (tertiary/aromatic N) is 3. The van der Waals surface area contributed by atoms with Crippen LogP contribution < -0.4 is 0 Å². The minimum absolute atomic E-state index is 0.0579. The van der Waals surface area contributed by atoms with Crippen LogP contribution in [-0.4, -0.2) is 32.8 Å². The van der Waals surface area contributed by atoms with Gasteiger partial charge in [0.25, 0.3) is 5.22 Å². The Morgan fingerprint density at radius 1 is 1.11 bits per heavy atom. The van der Waals surface area contributed by atoms with Gasteiger partial charge in [-0.1, -0.05) is 59.3 Å². The summed E-state index contributed by atoms with van der Waals surface area (Å²) in [6.45, 7) is 9.18. The lowest BCUT2D eigenvalue weighted by molar-refractivity contribution is -0.130. The molecule has 1 heterocycles. The Bertz CT molecular complexity index is 920. The average molecular weight is 396 g/mol. The highest BCUT2D eigenvalue weighted by molar-refractivity contribution is 8.00. The Morgan fingerprint density at radius 3 is 2.43 bits per heavy atom. The van der Waals surface area contributed by atoms with Crippen LogP contribution in [0.1, 0.15) is 30.5 Å². The van der Waals surface area contributed by atoms with Crippen molar-refractivity contribution in [2.75, 3.05) is 6.54 Å². The molecule has 5 nitrogen and oxygen atoms in total. The van der Waals surface area contributed by atoms with Gasteiger partial charge in [0.1, 0.15) is 0 Å². The Labute approximate surface area is 170 Å². The smallest absolute Gasteiger partial charge is 0.277 e. The van der Waals surface area contributed by atoms with Crippen molar-refractivity contribution in [2.24, 2.45) is 0 Å². The molecule has 1 atom stereocenters. The first-order chi connectivity index (χ1) is 13.5. The number of carbonyl (C=O) groups excluding carboxylic acids is 1. The minimum atomic E-state index is -0.309. The summed E-state index contributed by atoms with van der Waals surface area (Å²) in [5, 5.41) is 8.37. The molecule has 6 heteroatoms. The summed E-state index contributed by atoms with van der Waals surface area (Å²) in [6.07, 6.45) is 0. The van der Waals surface area contributed by atoms with Gasteiger partial charge in [0.05, 0.1) is 5.25 Å². The maximum absolute atomic E-state index is 12.9. The number of aromatic nitrogens is 2. The molecular weight excluding hydrogens is 370 g/mol. The number of thioether (sulfide) groups is 1. The van der Waals surface area contributed by atoms with E-state index >= 15 is 0 Å². The van der Waals surface area contributed by atoms with Crippen molar-refractivity contribution < 1.29 is 9.21 Å². The Kier molecular flexibility index (Phi) is 6.52. The lowest BCUT2D eigenvalue weighted by Crippen LogP contribution is -2.35. The van der Waals surface area contributed by atoms with Crippen LogP contribution in [0.4, 0.5) is 0 Å². The van der Waals surface area contributed by atoms with Gasteiger partial charge in [0, 0.05) is 18.7 Å². The normalized spacial score (nSPS) is 12.0. The maximum atomic E-state index is 12.9. The van der Waals surface area contributed by atoms with E-state index in [9.17, 15) is 4.79 Å². The van der Waals surface area contributed by atoms with Crippen LogP contribution in [0.5, 0.6) is 0 Å². The third-order valence-electron chi connectivity index (χ3n) is 4.41. The highest BCUT2D eigenvalue weighted by atomic mass is 32.2. The minimum Gasteiger partial charge on any atom is -0.411 e. The highest BCUT2D eigenvalue weighted by Gasteiger charge is 2.23. The van der Waals surface area contributed by atoms with Crippen molar-refractivity contribution in [2.45, 2.75) is 44.7 Å². The van der Waals surface area contributed by atoms with E-state index in [1.54, 1.807) is 0 Å². The molecule has 3 rings (SSSR count). The second kappa shape index (κ2) is 9.06. The molecule has 146 valence electrons. The summed E-state index contributed by atoms with van der Waals surface area (Å²) in [7, 11) is 0. The number of rotatable bonds is 7. The summed E-state index contributed by atoms with van der Waals surface area (Å²) in [5.41, 5.74) is 4.30. The molecule has 0 bridgehead atoms. The van der Waals surface area contributed by atoms with Crippen molar-refractivity contribution in [1.29, 1.82) is 0 Å². The predicted molar refractivity (Wildman–Crippen MR) is 112 cm³/mol. The number of hydrogen-bond donors (Lipinski definition) is 0. The van der Waals surface area contributed by atoms with E-state index in [2.05, 4.69) is 16.3 Å². The van der Waals surface area contributed by atoms with Gasteiger partial charge >= 0.3 is 0 Å². The maximum Gasteiger partial charge on any atom is 0.277 e. The monoisotopic (exact) mass is 395 g/mol. The van der Waals surface area contributed by atoms with Gasteiger partial charge in [-0.2, -0.15) is 0 Å². The lowest BCUT2D eigenvalue weighted by Gasteiger charge is -2.23. The summed E-state index contributed by atoms with van der Waals surface area (Å²) in [4.78, 5) is 14.7. The summed E-state index contributed by atoms with van der Waals surface area (Å²) in [5.74, 6) is 0.535. The van der Waals surface area contributed by atoms with Crippen LogP contribution >= 0.6 is 11.8 Å². The molecule has 3 aromatic rings. The van der Waals surface area contributed by atoms with Gasteiger partial charge in [-0.3, -0.25) is 4.79 Å². The van der Waals surface area contributed by atoms with Crippen molar-refractivity contribution in [1.82, 2.24) is 15.1 Å². The first kappa shape index (κ1) is 20.1. The molecule has 1 aromatic heterocycles. The topological polar surface area (TPSA) is 59.2 Å². The number of carbonyl (C=O) groups is 1. The number of benzene rings is 2. The van der Waals surface area contributed by atoms with Gasteiger partial charge in [0.15, 0.2) is 0 Å². The molecule has 2 aromatic carbocycles. The third-order valence-corrected chi connectivity index (χ3v) is 5.33. The standard InChI is InChI=1S/C22H25N3O2S/c1-5-25(14-18-9-7-6-8-10-18)21(26)17(4)28-22-24-23-20(27-22)19-12-15(2)11-16(3)13-19/h6-13,17H,5,14H2,1-4H3. The second-order valence-electron chi connectivity index (χ2n) is 6.85. The molecule has 28 heavy (non-hydrogen) atoms. The zero-order valence-corrected chi connectivity index (χ0v) is 17.5. The molecule has 0 N–H and O–H groups in total. The van der Waals surface area contributed by atoms with Crippen molar-refractivity contribution in [3.05, 3.63) is 65.2 Å². The summed E-state index contributed by atoms with van der Waals surface area (Å²) < 4.78 is 5.80. The molecular formula is C22H25N3O2S. The fourth-order valence-corrected chi connectivity index (χ4v) is 3.85. The molecule has 0 aliphatic carbocycles. The van der Waals surface area contributed by atoms with Crippen LogP contribution in [0, 0.1) is 13.8 Å². The van der Waals surface area contributed by atoms with Crippen LogP contribution in [0.3, 0.4) is 0 Å². The summed E-state index contributed by atoms with van der Waals surface area (Å²) in [6, 6.07) is 16.1. The van der Waals surface area contributed by atoms with Crippen molar-refractivity contribution in [3.8, 4) is 11.5 Å². The van der Waals surface area contributed by atoms with Crippen LogP contribution in [0.15, 0.2) is 58.2 Å². The molecule has 0 fully saturated rings. The SMILES string of the molecule is CCN(Cc1ccccc1)C(=O)C(C)Sc1nnc(-c2cc(C)cc(C)c2)o1. The zero-order valence-electron chi connectivity index (χ0n) is 16.7. The average Bonchev–Trinajstić information content (AvgIpc) is 3.14. The first-order valence-corrected chi connectivity index (χ1v) is 10.3. The molecule has 1 unspecified atom stereocenters. The Balaban J connectivity index is 1.67. The molecule has 0 aliphatic heterocycles. The summed E-state index contributed by atoms with van der Waals surface area (Å²) >= 11 is 1.30. The lowest BCUT2D eigenvalue weighted by atomic mass is 10.1. The number of amides is 1. The van der Waals surface area contributed by atoms with Crippen LogP contribution in [0.25, 0.3) is 11.5 Å². The van der Waals surface area contributed by atoms with Gasteiger partial charge < -0.3 is 9.32 Å². The van der Waals surface area contributed by atoms with E-state index in [4.69, 9.17) is 4.42 Å². The van der Waals surface area contributed by atoms with Gasteiger partial charge in [0.2, 0.25) is 11.8 Å². The van der Waals surface area contributed by atoms with E-state index < -0.39 is 0 Å². The molecule has 0 saturated carbocycles. The fraction of sp³-hybridized carbons (Fsp3) is 0.318. The molecule has 0 saturated heterocycles. The van der Waals surface area contributed by atoms with Crippen LogP contribution in [0.2, 0.25) is 0 Å². The first-order valence-electron chi connectivity index (χ1n) is 9.37. The number of aryl methyl sites for hydroxylation is 2. The van der Waals surface area contributed by atoms with E-state index in [1.807, 2.05) is 75.1 Å².